The molecule has 1 atom stereocenters. The van der Waals surface area contributed by atoms with Crippen molar-refractivity contribution in [3.63, 3.8) is 0 Å². The van der Waals surface area contributed by atoms with E-state index in [-0.39, 0.29) is 29.7 Å². The molecule has 6 heteroatoms. The first kappa shape index (κ1) is 16.4. The van der Waals surface area contributed by atoms with Crippen LogP contribution >= 0.6 is 0 Å². The molecule has 22 heavy (non-hydrogen) atoms. The Morgan fingerprint density at radius 3 is 2.68 bits per heavy atom. The van der Waals surface area contributed by atoms with Gasteiger partial charge in [-0.1, -0.05) is 13.0 Å². The Balaban J connectivity index is 1.98. The minimum absolute atomic E-state index is 0.1000. The van der Waals surface area contributed by atoms with Crippen LogP contribution in [-0.4, -0.2) is 30.2 Å². The van der Waals surface area contributed by atoms with Crippen LogP contribution in [0.2, 0.25) is 0 Å². The van der Waals surface area contributed by atoms with E-state index in [1.54, 1.807) is 0 Å². The van der Waals surface area contributed by atoms with Gasteiger partial charge in [0.25, 0.3) is 0 Å². The predicted molar refractivity (Wildman–Crippen MR) is 79.1 cm³/mol. The standard InChI is InChI=1S/C16H20FNO4/c1-10(11-4-6-22-7-5-11)16(21)18-13-3-2-12(8-15(19)20)14(17)9-13/h2-3,9-11H,4-8H2,1H3,(H,18,21)(H,19,20). The van der Waals surface area contributed by atoms with Crippen molar-refractivity contribution in [1.82, 2.24) is 0 Å². The number of nitrogens with one attached hydrogen (secondary N) is 1. The molecule has 0 radical (unpaired) electrons. The number of benzene rings is 1. The van der Waals surface area contributed by atoms with Crippen LogP contribution in [0.4, 0.5) is 10.1 Å². The van der Waals surface area contributed by atoms with Crippen molar-refractivity contribution < 1.29 is 23.8 Å². The highest BCUT2D eigenvalue weighted by molar-refractivity contribution is 5.92. The van der Waals surface area contributed by atoms with E-state index in [2.05, 4.69) is 5.32 Å². The number of hydrogen-bond donors (Lipinski definition) is 2. The van der Waals surface area contributed by atoms with Crippen molar-refractivity contribution in [1.29, 1.82) is 0 Å². The Morgan fingerprint density at radius 1 is 1.41 bits per heavy atom. The molecule has 1 unspecified atom stereocenters. The second kappa shape index (κ2) is 7.35. The molecule has 120 valence electrons. The van der Waals surface area contributed by atoms with Gasteiger partial charge >= 0.3 is 5.97 Å². The molecule has 1 heterocycles. The largest absolute Gasteiger partial charge is 0.481 e. The Morgan fingerprint density at radius 2 is 2.09 bits per heavy atom. The molecule has 2 N–H and O–H groups in total. The van der Waals surface area contributed by atoms with Crippen molar-refractivity contribution in [2.24, 2.45) is 11.8 Å². The summed E-state index contributed by atoms with van der Waals surface area (Å²) in [7, 11) is 0. The van der Waals surface area contributed by atoms with Crippen LogP contribution < -0.4 is 5.32 Å². The Hall–Kier alpha value is -1.95. The van der Waals surface area contributed by atoms with Gasteiger partial charge in [0.1, 0.15) is 5.82 Å². The van der Waals surface area contributed by atoms with Gasteiger partial charge in [0.2, 0.25) is 5.91 Å². The van der Waals surface area contributed by atoms with E-state index in [4.69, 9.17) is 9.84 Å². The van der Waals surface area contributed by atoms with E-state index in [0.29, 0.717) is 18.9 Å². The Bertz CT molecular complexity index is 555. The summed E-state index contributed by atoms with van der Waals surface area (Å²) in [4.78, 5) is 22.8. The molecule has 0 spiro atoms. The van der Waals surface area contributed by atoms with Crippen LogP contribution in [0.25, 0.3) is 0 Å². The second-order valence-electron chi connectivity index (χ2n) is 5.60. The maximum absolute atomic E-state index is 13.8. The highest BCUT2D eigenvalue weighted by atomic mass is 19.1. The first-order chi connectivity index (χ1) is 10.5. The van der Waals surface area contributed by atoms with Crippen LogP contribution in [0.1, 0.15) is 25.3 Å². The highest BCUT2D eigenvalue weighted by Crippen LogP contribution is 2.25. The van der Waals surface area contributed by atoms with Gasteiger partial charge in [-0.25, -0.2) is 4.39 Å². The minimum atomic E-state index is -1.09. The van der Waals surface area contributed by atoms with Gasteiger partial charge in [-0.2, -0.15) is 0 Å². The average molecular weight is 309 g/mol. The number of hydrogen-bond acceptors (Lipinski definition) is 3. The zero-order chi connectivity index (χ0) is 16.1. The third-order valence-corrected chi connectivity index (χ3v) is 4.05. The summed E-state index contributed by atoms with van der Waals surface area (Å²) < 4.78 is 19.1. The molecule has 0 saturated carbocycles. The van der Waals surface area contributed by atoms with Crippen molar-refractivity contribution >= 4 is 17.6 Å². The molecule has 0 aliphatic carbocycles. The van der Waals surface area contributed by atoms with Gasteiger partial charge in [-0.05, 0) is 36.5 Å². The molecule has 1 saturated heterocycles. The lowest BCUT2D eigenvalue weighted by molar-refractivity contribution is -0.136. The normalized spacial score (nSPS) is 17.0. The first-order valence-electron chi connectivity index (χ1n) is 7.36. The summed E-state index contributed by atoms with van der Waals surface area (Å²) >= 11 is 0. The number of carbonyl (C=O) groups excluding carboxylic acids is 1. The van der Waals surface area contributed by atoms with Crippen LogP contribution in [0, 0.1) is 17.7 Å². The molecule has 5 nitrogen and oxygen atoms in total. The molecule has 1 aromatic carbocycles. The molecule has 0 bridgehead atoms. The van der Waals surface area contributed by atoms with Gasteiger partial charge in [0, 0.05) is 24.8 Å². The van der Waals surface area contributed by atoms with Crippen molar-refractivity contribution in [2.45, 2.75) is 26.2 Å². The quantitative estimate of drug-likeness (QED) is 0.876. The Kier molecular flexibility index (Phi) is 5.49. The van der Waals surface area contributed by atoms with Gasteiger partial charge in [0.15, 0.2) is 0 Å². The summed E-state index contributed by atoms with van der Waals surface area (Å²) in [5.41, 5.74) is 0.443. The number of ether oxygens (including phenoxy) is 1. The van der Waals surface area contributed by atoms with Gasteiger partial charge in [0.05, 0.1) is 6.42 Å². The molecule has 1 fully saturated rings. The molecular formula is C16H20FNO4. The van der Waals surface area contributed by atoms with Gasteiger partial charge < -0.3 is 15.2 Å². The predicted octanol–water partition coefficient (Wildman–Crippen LogP) is 2.45. The fourth-order valence-electron chi connectivity index (χ4n) is 2.62. The fraction of sp³-hybridized carbons (Fsp3) is 0.500. The molecule has 1 aromatic rings. The summed E-state index contributed by atoms with van der Waals surface area (Å²) in [5.74, 6) is -1.78. The molecular weight excluding hydrogens is 289 g/mol. The number of amides is 1. The van der Waals surface area contributed by atoms with Gasteiger partial charge in [-0.15, -0.1) is 0 Å². The molecule has 1 amide bonds. The molecule has 0 aromatic heterocycles. The van der Waals surface area contributed by atoms with E-state index < -0.39 is 11.8 Å². The number of carbonyl (C=O) groups is 2. The maximum atomic E-state index is 13.8. The van der Waals surface area contributed by atoms with E-state index >= 15 is 0 Å². The van der Waals surface area contributed by atoms with E-state index in [1.807, 2.05) is 6.92 Å². The third-order valence-electron chi connectivity index (χ3n) is 4.05. The number of rotatable bonds is 5. The number of anilines is 1. The lowest BCUT2D eigenvalue weighted by atomic mass is 9.87. The van der Waals surface area contributed by atoms with Gasteiger partial charge in [-0.3, -0.25) is 9.59 Å². The van der Waals surface area contributed by atoms with E-state index in [9.17, 15) is 14.0 Å². The third kappa shape index (κ3) is 4.27. The number of carboxylic acids is 1. The zero-order valence-electron chi connectivity index (χ0n) is 12.5. The monoisotopic (exact) mass is 309 g/mol. The summed E-state index contributed by atoms with van der Waals surface area (Å²) in [6.07, 6.45) is 1.32. The smallest absolute Gasteiger partial charge is 0.307 e. The van der Waals surface area contributed by atoms with Crippen LogP contribution in [-0.2, 0) is 20.7 Å². The maximum Gasteiger partial charge on any atom is 0.307 e. The van der Waals surface area contributed by atoms with E-state index in [1.165, 1.54) is 12.1 Å². The number of carboxylic acid groups (broad SMARTS) is 1. The SMILES string of the molecule is CC(C(=O)Nc1ccc(CC(=O)O)c(F)c1)C1CCOCC1. The van der Waals surface area contributed by atoms with Crippen LogP contribution in [0.15, 0.2) is 18.2 Å². The van der Waals surface area contributed by atoms with Crippen molar-refractivity contribution in [2.75, 3.05) is 18.5 Å². The lowest BCUT2D eigenvalue weighted by Crippen LogP contribution is -2.31. The highest BCUT2D eigenvalue weighted by Gasteiger charge is 2.26. The van der Waals surface area contributed by atoms with E-state index in [0.717, 1.165) is 18.9 Å². The number of aliphatic carboxylic acids is 1. The summed E-state index contributed by atoms with van der Waals surface area (Å²) in [6, 6.07) is 4.07. The minimum Gasteiger partial charge on any atom is -0.481 e. The summed E-state index contributed by atoms with van der Waals surface area (Å²) in [5, 5.41) is 11.4. The molecule has 1 aliphatic rings. The average Bonchev–Trinajstić information content (AvgIpc) is 2.49. The first-order valence-corrected chi connectivity index (χ1v) is 7.36. The molecule has 1 aliphatic heterocycles. The topological polar surface area (TPSA) is 75.6 Å². The zero-order valence-corrected chi connectivity index (χ0v) is 12.5. The van der Waals surface area contributed by atoms with Crippen molar-refractivity contribution in [3.05, 3.63) is 29.6 Å². The number of halogens is 1. The summed E-state index contributed by atoms with van der Waals surface area (Å²) in [6.45, 7) is 3.20. The van der Waals surface area contributed by atoms with Crippen LogP contribution in [0.5, 0.6) is 0 Å². The molecule has 2 rings (SSSR count). The van der Waals surface area contributed by atoms with Crippen molar-refractivity contribution in [3.8, 4) is 0 Å². The lowest BCUT2D eigenvalue weighted by Gasteiger charge is -2.27. The van der Waals surface area contributed by atoms with Crippen LogP contribution in [0.3, 0.4) is 0 Å². The second-order valence-corrected chi connectivity index (χ2v) is 5.60. The Labute approximate surface area is 128 Å². The fourth-order valence-corrected chi connectivity index (χ4v) is 2.62.